The van der Waals surface area contributed by atoms with E-state index in [1.807, 2.05) is 26.8 Å². The molecule has 1 aromatic carbocycles. The minimum absolute atomic E-state index is 0.0131. The van der Waals surface area contributed by atoms with Crippen molar-refractivity contribution in [2.75, 3.05) is 18.9 Å². The molecule has 3 rings (SSSR count). The number of fused-ring (bicyclic) bond motifs is 1. The minimum atomic E-state index is -0.558. The van der Waals surface area contributed by atoms with Gasteiger partial charge in [0.25, 0.3) is 0 Å². The number of ether oxygens (including phenoxy) is 2. The number of carbonyl (C=O) groups excluding carboxylic acids is 1. The molecule has 6 nitrogen and oxygen atoms in total. The summed E-state index contributed by atoms with van der Waals surface area (Å²) >= 11 is 5.79. The van der Waals surface area contributed by atoms with Gasteiger partial charge in [0, 0.05) is 24.2 Å². The lowest BCUT2D eigenvalue weighted by Crippen LogP contribution is -2.40. The molecule has 0 fully saturated rings. The summed E-state index contributed by atoms with van der Waals surface area (Å²) in [7, 11) is 1.77. The molecule has 2 heterocycles. The molecule has 1 N–H and O–H groups in total. The summed E-state index contributed by atoms with van der Waals surface area (Å²) in [6, 6.07) is 6.40. The van der Waals surface area contributed by atoms with Gasteiger partial charge in [0.1, 0.15) is 18.0 Å². The van der Waals surface area contributed by atoms with Gasteiger partial charge in [0.15, 0.2) is 0 Å². The van der Waals surface area contributed by atoms with Crippen LogP contribution in [0.1, 0.15) is 37.6 Å². The molecule has 0 spiro atoms. The number of aromatic nitrogens is 1. The normalized spacial score (nSPS) is 13.7. The Morgan fingerprint density at radius 1 is 1.34 bits per heavy atom. The molecule has 1 aromatic heterocycles. The zero-order chi connectivity index (χ0) is 21.2. The molecule has 0 unspecified atom stereocenters. The molecule has 1 aliphatic heterocycles. The van der Waals surface area contributed by atoms with E-state index in [9.17, 15) is 9.18 Å². The van der Waals surface area contributed by atoms with E-state index < -0.39 is 11.4 Å². The van der Waals surface area contributed by atoms with Gasteiger partial charge >= 0.3 is 6.09 Å². The van der Waals surface area contributed by atoms with Crippen LogP contribution in [-0.2, 0) is 24.3 Å². The van der Waals surface area contributed by atoms with Crippen LogP contribution in [0.5, 0.6) is 5.88 Å². The molecule has 156 valence electrons. The number of halogens is 2. The van der Waals surface area contributed by atoms with Crippen molar-refractivity contribution in [2.45, 2.75) is 45.9 Å². The minimum Gasteiger partial charge on any atom is -0.471 e. The number of nitrogens with zero attached hydrogens (tertiary/aromatic N) is 2. The first-order valence-corrected chi connectivity index (χ1v) is 9.79. The van der Waals surface area contributed by atoms with Crippen LogP contribution in [0.15, 0.2) is 24.3 Å². The lowest BCUT2D eigenvalue weighted by Gasteiger charge is -2.31. The van der Waals surface area contributed by atoms with Crippen LogP contribution in [0.4, 0.5) is 14.9 Å². The zero-order valence-corrected chi connectivity index (χ0v) is 17.8. The van der Waals surface area contributed by atoms with Crippen LogP contribution in [0.25, 0.3) is 0 Å². The first-order valence-electron chi connectivity index (χ1n) is 9.41. The molecule has 0 saturated heterocycles. The van der Waals surface area contributed by atoms with Gasteiger partial charge < -0.3 is 19.7 Å². The SMILES string of the molecule is CNc1cc2c(nc1OCc1ccc(Cl)cc1F)CN(C(=O)OC(C)(C)C)CC2. The van der Waals surface area contributed by atoms with Crippen LogP contribution in [0.3, 0.4) is 0 Å². The van der Waals surface area contributed by atoms with E-state index in [1.54, 1.807) is 24.1 Å². The molecule has 1 aliphatic rings. The lowest BCUT2D eigenvalue weighted by atomic mass is 10.0. The van der Waals surface area contributed by atoms with Crippen LogP contribution < -0.4 is 10.1 Å². The lowest BCUT2D eigenvalue weighted by molar-refractivity contribution is 0.0220. The second kappa shape index (κ2) is 8.45. The average Bonchev–Trinajstić information content (AvgIpc) is 2.64. The first kappa shape index (κ1) is 21.2. The molecule has 0 aliphatic carbocycles. The molecule has 8 heteroatoms. The summed E-state index contributed by atoms with van der Waals surface area (Å²) in [6.45, 7) is 6.41. The Kier molecular flexibility index (Phi) is 6.17. The van der Waals surface area contributed by atoms with Gasteiger partial charge in [0.05, 0.1) is 17.9 Å². The van der Waals surface area contributed by atoms with Gasteiger partial charge in [-0.15, -0.1) is 0 Å². The molecule has 2 aromatic rings. The Hall–Kier alpha value is -2.54. The highest BCUT2D eigenvalue weighted by Gasteiger charge is 2.27. The Balaban J connectivity index is 1.78. The van der Waals surface area contributed by atoms with Crippen molar-refractivity contribution in [1.29, 1.82) is 0 Å². The summed E-state index contributed by atoms with van der Waals surface area (Å²) in [6.07, 6.45) is 0.302. The quantitative estimate of drug-likeness (QED) is 0.769. The van der Waals surface area contributed by atoms with Crippen LogP contribution in [0.2, 0.25) is 5.02 Å². The average molecular weight is 422 g/mol. The number of anilines is 1. The fourth-order valence-corrected chi connectivity index (χ4v) is 3.16. The predicted octanol–water partition coefficient (Wildman–Crippen LogP) is 4.79. The highest BCUT2D eigenvalue weighted by molar-refractivity contribution is 6.30. The van der Waals surface area contributed by atoms with Crippen molar-refractivity contribution in [3.05, 3.63) is 51.9 Å². The van der Waals surface area contributed by atoms with Gasteiger partial charge in [-0.05, 0) is 51.0 Å². The van der Waals surface area contributed by atoms with E-state index in [1.165, 1.54) is 6.07 Å². The number of hydrogen-bond donors (Lipinski definition) is 1. The Morgan fingerprint density at radius 2 is 2.10 bits per heavy atom. The van der Waals surface area contributed by atoms with Crippen molar-refractivity contribution in [1.82, 2.24) is 9.88 Å². The van der Waals surface area contributed by atoms with Crippen molar-refractivity contribution < 1.29 is 18.7 Å². The van der Waals surface area contributed by atoms with Gasteiger partial charge in [-0.1, -0.05) is 17.7 Å². The van der Waals surface area contributed by atoms with Crippen molar-refractivity contribution in [3.63, 3.8) is 0 Å². The highest BCUT2D eigenvalue weighted by atomic mass is 35.5. The maximum Gasteiger partial charge on any atom is 0.410 e. The number of carbonyl (C=O) groups is 1. The monoisotopic (exact) mass is 421 g/mol. The van der Waals surface area contributed by atoms with E-state index in [0.717, 1.165) is 11.3 Å². The number of rotatable bonds is 4. The summed E-state index contributed by atoms with van der Waals surface area (Å²) in [4.78, 5) is 18.6. The molecule has 1 amide bonds. The third-order valence-corrected chi connectivity index (χ3v) is 4.68. The van der Waals surface area contributed by atoms with E-state index >= 15 is 0 Å². The third kappa shape index (κ3) is 5.29. The van der Waals surface area contributed by atoms with Crippen molar-refractivity contribution in [3.8, 4) is 5.88 Å². The molecule has 0 radical (unpaired) electrons. The Morgan fingerprint density at radius 3 is 2.76 bits per heavy atom. The molecule has 0 bridgehead atoms. The van der Waals surface area contributed by atoms with Gasteiger partial charge in [-0.25, -0.2) is 14.2 Å². The first-order chi connectivity index (χ1) is 13.7. The summed E-state index contributed by atoms with van der Waals surface area (Å²) < 4.78 is 25.3. The topological polar surface area (TPSA) is 63.7 Å². The van der Waals surface area contributed by atoms with Gasteiger partial charge in [-0.2, -0.15) is 0 Å². The molecule has 29 heavy (non-hydrogen) atoms. The van der Waals surface area contributed by atoms with Crippen LogP contribution in [-0.4, -0.2) is 35.2 Å². The number of benzene rings is 1. The van der Waals surface area contributed by atoms with E-state index in [4.69, 9.17) is 21.1 Å². The second-order valence-electron chi connectivity index (χ2n) is 7.87. The fourth-order valence-electron chi connectivity index (χ4n) is 3.00. The smallest absolute Gasteiger partial charge is 0.410 e. The standard InChI is InChI=1S/C21H25ClFN3O3/c1-21(2,3)29-20(27)26-8-7-13-9-17(24-4)19(25-18(13)11-26)28-12-14-5-6-15(22)10-16(14)23/h5-6,9-10,24H,7-8,11-12H2,1-4H3. The van der Waals surface area contributed by atoms with Gasteiger partial charge in [0.2, 0.25) is 5.88 Å². The molecule has 0 atom stereocenters. The van der Waals surface area contributed by atoms with E-state index in [2.05, 4.69) is 10.3 Å². The summed E-state index contributed by atoms with van der Waals surface area (Å²) in [5.74, 6) is -0.0794. The van der Waals surface area contributed by atoms with Crippen molar-refractivity contribution in [2.24, 2.45) is 0 Å². The summed E-state index contributed by atoms with van der Waals surface area (Å²) in [5, 5.41) is 3.39. The summed E-state index contributed by atoms with van der Waals surface area (Å²) in [5.41, 5.74) is 2.32. The molecular formula is C21H25ClFN3O3. The van der Waals surface area contributed by atoms with E-state index in [0.29, 0.717) is 41.7 Å². The Bertz CT molecular complexity index is 915. The molecule has 0 saturated carbocycles. The maximum absolute atomic E-state index is 14.0. The highest BCUT2D eigenvalue weighted by Crippen LogP contribution is 2.30. The number of hydrogen-bond acceptors (Lipinski definition) is 5. The number of nitrogens with one attached hydrogen (secondary N) is 1. The second-order valence-corrected chi connectivity index (χ2v) is 8.31. The fraction of sp³-hybridized carbons (Fsp3) is 0.429. The van der Waals surface area contributed by atoms with Crippen LogP contribution in [0, 0.1) is 5.82 Å². The predicted molar refractivity (Wildman–Crippen MR) is 110 cm³/mol. The molecular weight excluding hydrogens is 397 g/mol. The third-order valence-electron chi connectivity index (χ3n) is 4.45. The largest absolute Gasteiger partial charge is 0.471 e. The van der Waals surface area contributed by atoms with Crippen molar-refractivity contribution >= 4 is 23.4 Å². The Labute approximate surface area is 175 Å². The maximum atomic E-state index is 14.0. The zero-order valence-electron chi connectivity index (χ0n) is 17.0. The number of pyridine rings is 1. The van der Waals surface area contributed by atoms with Crippen LogP contribution >= 0.6 is 11.6 Å². The van der Waals surface area contributed by atoms with Gasteiger partial charge in [-0.3, -0.25) is 0 Å². The van der Waals surface area contributed by atoms with E-state index in [-0.39, 0.29) is 12.7 Å². The number of amides is 1.